The van der Waals surface area contributed by atoms with Crippen LogP contribution in [0.25, 0.3) is 0 Å². The van der Waals surface area contributed by atoms with E-state index in [1.54, 1.807) is 12.1 Å². The molecule has 2 aromatic rings. The Kier molecular flexibility index (Phi) is 11.3. The van der Waals surface area contributed by atoms with E-state index in [-0.39, 0.29) is 13.6 Å². The zero-order valence-corrected chi connectivity index (χ0v) is 24.8. The van der Waals surface area contributed by atoms with E-state index in [9.17, 15) is 0 Å². The maximum atomic E-state index is 5.91. The van der Waals surface area contributed by atoms with Gasteiger partial charge in [0.2, 0.25) is 13.6 Å². The Balaban J connectivity index is 1.95. The van der Waals surface area contributed by atoms with Crippen LogP contribution in [0.3, 0.4) is 0 Å². The molecule has 45 heavy (non-hydrogen) atoms. The fourth-order valence-corrected chi connectivity index (χ4v) is 6.04. The highest BCUT2D eigenvalue weighted by Gasteiger charge is 2.29. The zero-order valence-electron chi connectivity index (χ0n) is 23.1. The van der Waals surface area contributed by atoms with Crippen molar-refractivity contribution >= 4 is 37.8 Å². The van der Waals surface area contributed by atoms with E-state index in [1.807, 2.05) is 12.1 Å². The lowest BCUT2D eigenvalue weighted by Crippen LogP contribution is -2.14. The van der Waals surface area contributed by atoms with Crippen molar-refractivity contribution in [3.05, 3.63) is 24.3 Å². The number of ether oxygens (including phenoxy) is 4. The Morgan fingerprint density at radius 1 is 0.467 bits per heavy atom. The molecule has 0 spiro atoms. The minimum atomic E-state index is -1.53. The lowest BCUT2D eigenvalue weighted by atomic mass is 10.2. The smallest absolute Gasteiger partial charge is 0.231 e. The maximum absolute atomic E-state index is 5.91. The number of hydrogen-bond donors (Lipinski definition) is 1. The monoisotopic (exact) mass is 609 g/mol. The van der Waals surface area contributed by atoms with E-state index in [1.165, 1.54) is 0 Å². The van der Waals surface area contributed by atoms with Gasteiger partial charge in [-0.05, 0) is 142 Å². The molecule has 0 saturated carbocycles. The van der Waals surface area contributed by atoms with Gasteiger partial charge in [0.1, 0.15) is 0 Å². The molecule has 7 heteroatoms. The summed E-state index contributed by atoms with van der Waals surface area (Å²) in [5.41, 5.74) is 13.4. The van der Waals surface area contributed by atoms with E-state index < -0.39 is 15.8 Å². The van der Waals surface area contributed by atoms with E-state index in [0.29, 0.717) is 45.0 Å². The third-order valence-electron chi connectivity index (χ3n) is 5.23. The first-order valence-electron chi connectivity index (χ1n) is 12.3. The second-order valence-corrected chi connectivity index (χ2v) is 10.9. The predicted molar refractivity (Wildman–Crippen MR) is 179 cm³/mol. The van der Waals surface area contributed by atoms with Crippen molar-refractivity contribution in [2.45, 2.75) is 0 Å². The van der Waals surface area contributed by atoms with Gasteiger partial charge in [-0.15, -0.1) is 25.7 Å². The van der Waals surface area contributed by atoms with Crippen LogP contribution in [0.4, 0.5) is 11.4 Å². The van der Waals surface area contributed by atoms with Crippen molar-refractivity contribution in [3.8, 4) is 166 Å². The van der Waals surface area contributed by atoms with Crippen LogP contribution in [-0.4, -0.2) is 13.6 Å². The van der Waals surface area contributed by atoms with Gasteiger partial charge < -0.3 is 24.3 Å². The van der Waals surface area contributed by atoms with Crippen LogP contribution >= 0.6 is 15.8 Å². The van der Waals surface area contributed by atoms with Gasteiger partial charge >= 0.3 is 0 Å². The standard InChI is InChI=1S/C38H13NO4P2/c1-5-9-13-17-25-44(26-18-14-10-6-2)33-23-21-31-37(42-29-40-31)35(33)39-36-34(24-22-32-38(36)43-30-41-32)45(27-19-15-11-7-3)28-20-16-12-8-4/h1-4,21-24,39H,29-30H2. The summed E-state index contributed by atoms with van der Waals surface area (Å²) >= 11 is 0. The molecule has 4 rings (SSSR count). The molecule has 5 nitrogen and oxygen atoms in total. The minimum Gasteiger partial charge on any atom is -0.454 e. The summed E-state index contributed by atoms with van der Waals surface area (Å²) in [6.45, 7) is 0.0174. The van der Waals surface area contributed by atoms with Crippen LogP contribution in [0.5, 0.6) is 23.0 Å². The Morgan fingerprint density at radius 3 is 1.16 bits per heavy atom. The summed E-state index contributed by atoms with van der Waals surface area (Å²) in [5, 5.41) is 4.85. The quantitative estimate of drug-likeness (QED) is 0.425. The lowest BCUT2D eigenvalue weighted by molar-refractivity contribution is 0.174. The molecule has 1 N–H and O–H groups in total. The first-order valence-corrected chi connectivity index (χ1v) is 15.0. The van der Waals surface area contributed by atoms with Crippen LogP contribution in [-0.2, 0) is 0 Å². The van der Waals surface area contributed by atoms with Gasteiger partial charge in [-0.1, -0.05) is 0 Å². The minimum absolute atomic E-state index is 0.00869. The van der Waals surface area contributed by atoms with Gasteiger partial charge in [-0.2, -0.15) is 0 Å². The molecule has 0 fully saturated rings. The number of benzene rings is 2. The first kappa shape index (κ1) is 31.0. The van der Waals surface area contributed by atoms with Crippen molar-refractivity contribution < 1.29 is 18.9 Å². The van der Waals surface area contributed by atoms with Gasteiger partial charge in [0.25, 0.3) is 0 Å². The number of terminal acetylenes is 4. The summed E-state index contributed by atoms with van der Waals surface area (Å²) in [7, 11) is -3.06. The Morgan fingerprint density at radius 2 is 0.822 bits per heavy atom. The molecular formula is C38H13NO4P2. The maximum Gasteiger partial charge on any atom is 0.231 e. The number of rotatable bonds is 4. The van der Waals surface area contributed by atoms with Gasteiger partial charge in [-0.3, -0.25) is 0 Å². The van der Waals surface area contributed by atoms with Crippen LogP contribution in [0, 0.1) is 143 Å². The van der Waals surface area contributed by atoms with Gasteiger partial charge in [-0.25, -0.2) is 0 Å². The normalized spacial score (nSPS) is 9.64. The largest absolute Gasteiger partial charge is 0.454 e. The molecule has 0 atom stereocenters. The lowest BCUT2D eigenvalue weighted by Gasteiger charge is -2.20. The molecule has 204 valence electrons. The number of nitrogens with one attached hydrogen (secondary N) is 1. The molecule has 2 aliphatic rings. The highest BCUT2D eigenvalue weighted by atomic mass is 31.1. The van der Waals surface area contributed by atoms with Gasteiger partial charge in [0.15, 0.2) is 23.0 Å². The Hall–Kier alpha value is -6.98. The molecule has 2 aliphatic heterocycles. The zero-order chi connectivity index (χ0) is 31.7. The molecule has 0 amide bonds. The Labute approximate surface area is 265 Å². The summed E-state index contributed by atoms with van der Waals surface area (Å²) in [6.07, 6.45) is 21.0. The molecule has 0 radical (unpaired) electrons. The molecule has 2 aromatic carbocycles. The number of anilines is 2. The van der Waals surface area contributed by atoms with Crippen LogP contribution in [0.2, 0.25) is 0 Å². The first-order chi connectivity index (χ1) is 22.2. The molecular weight excluding hydrogens is 596 g/mol. The average Bonchev–Trinajstić information content (AvgIpc) is 3.74. The highest BCUT2D eigenvalue weighted by Crippen LogP contribution is 2.50. The molecule has 2 heterocycles. The van der Waals surface area contributed by atoms with Crippen LogP contribution < -0.4 is 34.9 Å². The second-order valence-electron chi connectivity index (χ2n) is 7.71. The van der Waals surface area contributed by atoms with Crippen molar-refractivity contribution in [3.63, 3.8) is 0 Å². The summed E-state index contributed by atoms with van der Waals surface area (Å²) in [5.74, 6) is 42.4. The fourth-order valence-electron chi connectivity index (χ4n) is 3.56. The summed E-state index contributed by atoms with van der Waals surface area (Å²) in [4.78, 5) is 0. The van der Waals surface area contributed by atoms with E-state index in [0.717, 1.165) is 0 Å². The van der Waals surface area contributed by atoms with Crippen molar-refractivity contribution in [1.29, 1.82) is 0 Å². The van der Waals surface area contributed by atoms with Gasteiger partial charge in [0, 0.05) is 10.6 Å². The van der Waals surface area contributed by atoms with Crippen molar-refractivity contribution in [2.75, 3.05) is 18.9 Å². The molecule has 0 aliphatic carbocycles. The van der Waals surface area contributed by atoms with Gasteiger partial charge in [0.05, 0.1) is 27.2 Å². The van der Waals surface area contributed by atoms with Crippen LogP contribution in [0.1, 0.15) is 0 Å². The third-order valence-corrected chi connectivity index (χ3v) is 8.28. The predicted octanol–water partition coefficient (Wildman–Crippen LogP) is 3.49. The van der Waals surface area contributed by atoms with Crippen molar-refractivity contribution in [2.24, 2.45) is 0 Å². The van der Waals surface area contributed by atoms with Crippen molar-refractivity contribution in [1.82, 2.24) is 0 Å². The highest BCUT2D eigenvalue weighted by molar-refractivity contribution is 7.76. The number of hydrogen-bond acceptors (Lipinski definition) is 5. The molecule has 0 unspecified atom stereocenters. The summed E-state index contributed by atoms with van der Waals surface area (Å²) in [6, 6.07) is 7.22. The molecule has 0 bridgehead atoms. The Bertz CT molecular complexity index is 2000. The SMILES string of the molecule is C#CC#CC#CP(C#CC#CC#C)c1ccc2c(c1Nc1c(P(C#CC#CC#C)C#CC#CC#C)ccc3c1OCO3)OCO2. The molecule has 0 saturated heterocycles. The van der Waals surface area contributed by atoms with E-state index in [2.05, 4.69) is 123 Å². The van der Waals surface area contributed by atoms with E-state index >= 15 is 0 Å². The second kappa shape index (κ2) is 16.5. The van der Waals surface area contributed by atoms with E-state index in [4.69, 9.17) is 44.6 Å². The molecule has 0 aromatic heterocycles. The summed E-state index contributed by atoms with van der Waals surface area (Å²) < 4.78 is 23.2. The number of fused-ring (bicyclic) bond motifs is 2. The van der Waals surface area contributed by atoms with Crippen LogP contribution in [0.15, 0.2) is 24.3 Å². The fraction of sp³-hybridized carbons (Fsp3) is 0.0526. The topological polar surface area (TPSA) is 49.0 Å². The third kappa shape index (κ3) is 8.07. The average molecular weight is 609 g/mol.